The molecule has 0 amide bonds. The van der Waals surface area contributed by atoms with Gasteiger partial charge in [-0.3, -0.25) is 0 Å². The molecule has 3 aromatic carbocycles. The van der Waals surface area contributed by atoms with Crippen molar-refractivity contribution in [2.45, 2.75) is 39.2 Å². The summed E-state index contributed by atoms with van der Waals surface area (Å²) in [5.41, 5.74) is 4.60. The van der Waals surface area contributed by atoms with Gasteiger partial charge in [-0.15, -0.1) is 0 Å². The molecule has 0 aliphatic heterocycles. The minimum Gasteiger partial charge on any atom is -0.497 e. The monoisotopic (exact) mass is 414 g/mol. The third-order valence-electron chi connectivity index (χ3n) is 5.86. The van der Waals surface area contributed by atoms with Crippen molar-refractivity contribution < 1.29 is 9.47 Å². The molecule has 4 rings (SSSR count). The maximum absolute atomic E-state index is 6.01. The van der Waals surface area contributed by atoms with Gasteiger partial charge in [0.2, 0.25) is 0 Å². The number of methoxy groups -OCH3 is 1. The van der Waals surface area contributed by atoms with E-state index in [2.05, 4.69) is 73.0 Å². The van der Waals surface area contributed by atoms with E-state index in [0.29, 0.717) is 12.5 Å². The summed E-state index contributed by atoms with van der Waals surface area (Å²) >= 11 is 0. The number of aryl methyl sites for hydroxylation is 1. The second kappa shape index (κ2) is 9.69. The van der Waals surface area contributed by atoms with Gasteiger partial charge in [-0.05, 0) is 72.9 Å². The zero-order chi connectivity index (χ0) is 21.6. The Morgan fingerprint density at radius 1 is 0.903 bits per heavy atom. The van der Waals surface area contributed by atoms with Crippen LogP contribution in [0.25, 0.3) is 22.4 Å². The van der Waals surface area contributed by atoms with Gasteiger partial charge in [-0.1, -0.05) is 38.1 Å². The fraction of sp³-hybridized carbons (Fsp3) is 0.296. The van der Waals surface area contributed by atoms with Crippen LogP contribution in [0.2, 0.25) is 0 Å². The van der Waals surface area contributed by atoms with E-state index in [0.717, 1.165) is 53.3 Å². The first-order valence-corrected chi connectivity index (χ1v) is 11.0. The van der Waals surface area contributed by atoms with Crippen LogP contribution in [0.4, 0.5) is 0 Å². The number of rotatable bonds is 9. The highest BCUT2D eigenvalue weighted by Gasteiger charge is 2.12. The van der Waals surface area contributed by atoms with E-state index in [1.807, 2.05) is 18.2 Å². The maximum atomic E-state index is 6.01. The predicted octanol–water partition coefficient (Wildman–Crippen LogP) is 6.69. The van der Waals surface area contributed by atoms with E-state index in [-0.39, 0.29) is 0 Å². The first kappa shape index (κ1) is 21.0. The van der Waals surface area contributed by atoms with Crippen LogP contribution in [0.15, 0.2) is 72.8 Å². The van der Waals surface area contributed by atoms with Gasteiger partial charge in [0, 0.05) is 12.1 Å². The number of nitrogens with zero attached hydrogens (tertiary/aromatic N) is 2. The molecule has 31 heavy (non-hydrogen) atoms. The van der Waals surface area contributed by atoms with Crippen LogP contribution in [-0.4, -0.2) is 23.3 Å². The number of hydrogen-bond donors (Lipinski definition) is 0. The Morgan fingerprint density at radius 3 is 2.32 bits per heavy atom. The first-order chi connectivity index (χ1) is 15.2. The Hall–Kier alpha value is -3.27. The molecule has 1 unspecified atom stereocenters. The standard InChI is InChI=1S/C27H30N2O2/c1-4-20(2)21-10-16-24(17-11-21)31-19-7-18-29-26-9-6-5-8-25(26)28-27(29)22-12-14-23(30-3)15-13-22/h5-6,8-17,20H,4,7,18-19H2,1-3H3. The lowest BCUT2D eigenvalue weighted by Crippen LogP contribution is -2.06. The van der Waals surface area contributed by atoms with Crippen LogP contribution in [0.3, 0.4) is 0 Å². The van der Waals surface area contributed by atoms with Crippen LogP contribution < -0.4 is 9.47 Å². The van der Waals surface area contributed by atoms with E-state index >= 15 is 0 Å². The molecular formula is C27H30N2O2. The normalized spacial score (nSPS) is 12.1. The molecule has 0 saturated heterocycles. The Balaban J connectivity index is 1.46. The van der Waals surface area contributed by atoms with E-state index in [4.69, 9.17) is 14.5 Å². The molecule has 0 fully saturated rings. The molecule has 4 aromatic rings. The largest absolute Gasteiger partial charge is 0.497 e. The molecule has 0 radical (unpaired) electrons. The van der Waals surface area contributed by atoms with E-state index in [9.17, 15) is 0 Å². The Morgan fingerprint density at radius 2 is 1.61 bits per heavy atom. The number of ether oxygens (including phenoxy) is 2. The lowest BCUT2D eigenvalue weighted by Gasteiger charge is -2.12. The molecule has 4 nitrogen and oxygen atoms in total. The number of benzene rings is 3. The smallest absolute Gasteiger partial charge is 0.141 e. The van der Waals surface area contributed by atoms with Gasteiger partial charge in [0.15, 0.2) is 0 Å². The van der Waals surface area contributed by atoms with Crippen molar-refractivity contribution in [1.29, 1.82) is 0 Å². The Labute approximate surface area is 184 Å². The van der Waals surface area contributed by atoms with Gasteiger partial charge in [0.25, 0.3) is 0 Å². The summed E-state index contributed by atoms with van der Waals surface area (Å²) in [6, 6.07) is 24.9. The van der Waals surface area contributed by atoms with Crippen molar-refractivity contribution in [3.05, 3.63) is 78.4 Å². The van der Waals surface area contributed by atoms with Crippen molar-refractivity contribution in [3.63, 3.8) is 0 Å². The van der Waals surface area contributed by atoms with Crippen LogP contribution in [-0.2, 0) is 6.54 Å². The number of imidazole rings is 1. The zero-order valence-corrected chi connectivity index (χ0v) is 18.5. The van der Waals surface area contributed by atoms with Gasteiger partial charge >= 0.3 is 0 Å². The number of para-hydroxylation sites is 2. The van der Waals surface area contributed by atoms with E-state index in [1.54, 1.807) is 7.11 Å². The Kier molecular flexibility index (Phi) is 6.56. The Bertz CT molecular complexity index is 1110. The fourth-order valence-electron chi connectivity index (χ4n) is 3.80. The molecule has 0 spiro atoms. The van der Waals surface area contributed by atoms with Crippen LogP contribution in [0, 0.1) is 0 Å². The molecule has 1 aromatic heterocycles. The summed E-state index contributed by atoms with van der Waals surface area (Å²) in [5, 5.41) is 0. The molecule has 0 bridgehead atoms. The number of hydrogen-bond acceptors (Lipinski definition) is 3. The average molecular weight is 415 g/mol. The van der Waals surface area contributed by atoms with Crippen LogP contribution in [0.5, 0.6) is 11.5 Å². The molecule has 1 heterocycles. The molecule has 0 aliphatic rings. The van der Waals surface area contributed by atoms with Crippen molar-refractivity contribution in [2.24, 2.45) is 0 Å². The molecular weight excluding hydrogens is 384 g/mol. The highest BCUT2D eigenvalue weighted by Crippen LogP contribution is 2.27. The average Bonchev–Trinajstić information content (AvgIpc) is 3.20. The third-order valence-corrected chi connectivity index (χ3v) is 5.86. The van der Waals surface area contributed by atoms with Crippen molar-refractivity contribution in [3.8, 4) is 22.9 Å². The lowest BCUT2D eigenvalue weighted by atomic mass is 9.99. The summed E-state index contributed by atoms with van der Waals surface area (Å²) in [7, 11) is 1.68. The lowest BCUT2D eigenvalue weighted by molar-refractivity contribution is 0.302. The minimum absolute atomic E-state index is 0.583. The van der Waals surface area contributed by atoms with Crippen molar-refractivity contribution in [1.82, 2.24) is 9.55 Å². The topological polar surface area (TPSA) is 36.3 Å². The SMILES string of the molecule is CCC(C)c1ccc(OCCCn2c(-c3ccc(OC)cc3)nc3ccccc32)cc1. The summed E-state index contributed by atoms with van der Waals surface area (Å²) in [5.74, 6) is 3.33. The highest BCUT2D eigenvalue weighted by molar-refractivity contribution is 5.80. The number of fused-ring (bicyclic) bond motifs is 1. The predicted molar refractivity (Wildman–Crippen MR) is 127 cm³/mol. The molecule has 1 atom stereocenters. The van der Waals surface area contributed by atoms with Gasteiger partial charge in [-0.2, -0.15) is 0 Å². The quantitative estimate of drug-likeness (QED) is 0.286. The second-order valence-corrected chi connectivity index (χ2v) is 7.88. The zero-order valence-electron chi connectivity index (χ0n) is 18.5. The summed E-state index contributed by atoms with van der Waals surface area (Å²) in [6.07, 6.45) is 2.05. The van der Waals surface area contributed by atoms with E-state index in [1.165, 1.54) is 5.56 Å². The van der Waals surface area contributed by atoms with Crippen LogP contribution >= 0.6 is 0 Å². The van der Waals surface area contributed by atoms with E-state index < -0.39 is 0 Å². The molecule has 4 heteroatoms. The van der Waals surface area contributed by atoms with Gasteiger partial charge in [0.1, 0.15) is 17.3 Å². The summed E-state index contributed by atoms with van der Waals surface area (Å²) in [6.45, 7) is 5.98. The molecule has 0 aliphatic carbocycles. The molecule has 0 saturated carbocycles. The van der Waals surface area contributed by atoms with Crippen LogP contribution in [0.1, 0.15) is 38.2 Å². The van der Waals surface area contributed by atoms with Gasteiger partial charge < -0.3 is 14.0 Å². The van der Waals surface area contributed by atoms with Gasteiger partial charge in [0.05, 0.1) is 24.8 Å². The molecule has 160 valence electrons. The maximum Gasteiger partial charge on any atom is 0.141 e. The van der Waals surface area contributed by atoms with Gasteiger partial charge in [-0.25, -0.2) is 4.98 Å². The van der Waals surface area contributed by atoms with Crippen molar-refractivity contribution in [2.75, 3.05) is 13.7 Å². The fourth-order valence-corrected chi connectivity index (χ4v) is 3.80. The van der Waals surface area contributed by atoms with Crippen molar-refractivity contribution >= 4 is 11.0 Å². The second-order valence-electron chi connectivity index (χ2n) is 7.88. The summed E-state index contributed by atoms with van der Waals surface area (Å²) < 4.78 is 13.6. The number of aromatic nitrogens is 2. The third kappa shape index (κ3) is 4.74. The highest BCUT2D eigenvalue weighted by atomic mass is 16.5. The molecule has 0 N–H and O–H groups in total. The first-order valence-electron chi connectivity index (χ1n) is 11.0. The minimum atomic E-state index is 0.583. The summed E-state index contributed by atoms with van der Waals surface area (Å²) in [4.78, 5) is 4.89.